The summed E-state index contributed by atoms with van der Waals surface area (Å²) in [4.78, 5) is 29.7. The maximum atomic E-state index is 11.8. The summed E-state index contributed by atoms with van der Waals surface area (Å²) >= 11 is 0. The van der Waals surface area contributed by atoms with Crippen LogP contribution in [0.1, 0.15) is 5.69 Å². The highest BCUT2D eigenvalue weighted by molar-refractivity contribution is 6.41. The average Bonchev–Trinajstić information content (AvgIpc) is 2.94. The van der Waals surface area contributed by atoms with Crippen LogP contribution in [0.2, 0.25) is 0 Å². The zero-order chi connectivity index (χ0) is 21.3. The fourth-order valence-corrected chi connectivity index (χ4v) is 3.38. The second-order valence-corrected chi connectivity index (χ2v) is 7.32. The fourth-order valence-electron chi connectivity index (χ4n) is 3.38. The van der Waals surface area contributed by atoms with Crippen molar-refractivity contribution in [3.05, 3.63) is 41.7 Å². The van der Waals surface area contributed by atoms with Crippen LogP contribution in [-0.2, 0) is 16.0 Å². The van der Waals surface area contributed by atoms with Gasteiger partial charge < -0.3 is 24.7 Å². The number of benzene rings is 1. The number of ether oxygens (including phenoxy) is 1. The van der Waals surface area contributed by atoms with Crippen LogP contribution in [-0.4, -0.2) is 77.2 Å². The lowest BCUT2D eigenvalue weighted by molar-refractivity contribution is -0.129. The standard InChI is InChI=1S/C21H23N5O4/c1-25(2)14-11-16-19(22-17(12-14)20(28)29)18(13-3-5-15(27)6-4-13)24-21(23-16)26-7-9-30-10-8-26/h3-6,12,27H,7-11H2,1-2H3,(H,28,29). The van der Waals surface area contributed by atoms with Crippen molar-refractivity contribution >= 4 is 23.3 Å². The predicted octanol–water partition coefficient (Wildman–Crippen LogP) is 1.84. The number of carboxylic acid groups (broad SMARTS) is 1. The number of phenols is 1. The lowest BCUT2D eigenvalue weighted by Gasteiger charge is -2.28. The number of carbonyl (C=O) groups is 1. The Kier molecular flexibility index (Phi) is 5.37. The first kappa shape index (κ1) is 19.8. The molecule has 0 amide bonds. The van der Waals surface area contributed by atoms with Gasteiger partial charge in [-0.2, -0.15) is 0 Å². The van der Waals surface area contributed by atoms with E-state index in [0.717, 1.165) is 11.3 Å². The van der Waals surface area contributed by atoms with Crippen LogP contribution in [0, 0.1) is 0 Å². The molecule has 0 bridgehead atoms. The highest BCUT2D eigenvalue weighted by atomic mass is 16.5. The first-order valence-electron chi connectivity index (χ1n) is 9.65. The molecular formula is C21H23N5O4. The molecule has 2 aliphatic rings. The summed E-state index contributed by atoms with van der Waals surface area (Å²) in [6.07, 6.45) is 1.99. The minimum Gasteiger partial charge on any atom is -0.508 e. The summed E-state index contributed by atoms with van der Waals surface area (Å²) in [5, 5.41) is 19.3. The van der Waals surface area contributed by atoms with Crippen molar-refractivity contribution in [2.75, 3.05) is 45.3 Å². The molecule has 0 unspecified atom stereocenters. The molecule has 2 N–H and O–H groups in total. The Morgan fingerprint density at radius 3 is 2.47 bits per heavy atom. The monoisotopic (exact) mass is 409 g/mol. The summed E-state index contributed by atoms with van der Waals surface area (Å²) < 4.78 is 5.44. The highest BCUT2D eigenvalue weighted by Crippen LogP contribution is 2.36. The first-order valence-corrected chi connectivity index (χ1v) is 9.65. The number of nitrogens with zero attached hydrogens (tertiary/aromatic N) is 5. The maximum Gasteiger partial charge on any atom is 0.354 e. The number of hydrogen-bond acceptors (Lipinski definition) is 8. The molecule has 0 saturated carbocycles. The highest BCUT2D eigenvalue weighted by Gasteiger charge is 2.25. The normalized spacial score (nSPS) is 16.3. The van der Waals surface area contributed by atoms with Crippen molar-refractivity contribution in [1.82, 2.24) is 14.9 Å². The molecule has 9 heteroatoms. The van der Waals surface area contributed by atoms with Gasteiger partial charge in [-0.15, -0.1) is 0 Å². The Bertz CT molecular complexity index is 1020. The van der Waals surface area contributed by atoms with Gasteiger partial charge in [0.2, 0.25) is 5.95 Å². The van der Waals surface area contributed by atoms with E-state index in [-0.39, 0.29) is 11.5 Å². The molecule has 4 rings (SSSR count). The van der Waals surface area contributed by atoms with Crippen LogP contribution in [0.25, 0.3) is 11.3 Å². The van der Waals surface area contributed by atoms with Gasteiger partial charge in [-0.25, -0.2) is 19.8 Å². The zero-order valence-corrected chi connectivity index (χ0v) is 16.9. The van der Waals surface area contributed by atoms with E-state index in [2.05, 4.69) is 9.89 Å². The quantitative estimate of drug-likeness (QED) is 0.787. The van der Waals surface area contributed by atoms with Crippen LogP contribution < -0.4 is 4.90 Å². The van der Waals surface area contributed by atoms with Crippen molar-refractivity contribution in [2.24, 2.45) is 4.99 Å². The fraction of sp³-hybridized carbons (Fsp3) is 0.333. The molecule has 3 heterocycles. The van der Waals surface area contributed by atoms with E-state index in [1.165, 1.54) is 0 Å². The van der Waals surface area contributed by atoms with Gasteiger partial charge in [0.25, 0.3) is 0 Å². The average molecular weight is 409 g/mol. The van der Waals surface area contributed by atoms with E-state index in [4.69, 9.17) is 14.7 Å². The van der Waals surface area contributed by atoms with Crippen molar-refractivity contribution in [3.8, 4) is 17.0 Å². The third-order valence-corrected chi connectivity index (χ3v) is 5.06. The molecule has 30 heavy (non-hydrogen) atoms. The molecule has 9 nitrogen and oxygen atoms in total. The summed E-state index contributed by atoms with van der Waals surface area (Å²) in [5.74, 6) is -0.415. The number of aromatic nitrogens is 2. The molecule has 2 aromatic rings. The molecule has 1 aromatic heterocycles. The molecule has 0 spiro atoms. The second-order valence-electron chi connectivity index (χ2n) is 7.32. The number of anilines is 1. The Balaban J connectivity index is 1.92. The minimum absolute atomic E-state index is 0.0693. The van der Waals surface area contributed by atoms with E-state index in [1.54, 1.807) is 30.3 Å². The van der Waals surface area contributed by atoms with Gasteiger partial charge >= 0.3 is 5.97 Å². The number of aliphatic imine (C=N–C) groups is 1. The number of aromatic hydroxyl groups is 1. The molecule has 1 aromatic carbocycles. The molecule has 0 radical (unpaired) electrons. The zero-order valence-electron chi connectivity index (χ0n) is 16.9. The van der Waals surface area contributed by atoms with E-state index in [0.29, 0.717) is 55.7 Å². The van der Waals surface area contributed by atoms with E-state index in [1.807, 2.05) is 19.0 Å². The van der Waals surface area contributed by atoms with Crippen LogP contribution in [0.5, 0.6) is 5.75 Å². The Morgan fingerprint density at radius 2 is 1.83 bits per heavy atom. The third kappa shape index (κ3) is 3.97. The van der Waals surface area contributed by atoms with Crippen LogP contribution in [0.4, 0.5) is 11.6 Å². The number of likely N-dealkylation sites (N-methyl/N-ethyl adjacent to an activating group) is 1. The number of morpholine rings is 1. The largest absolute Gasteiger partial charge is 0.508 e. The predicted molar refractivity (Wildman–Crippen MR) is 112 cm³/mol. The van der Waals surface area contributed by atoms with E-state index >= 15 is 0 Å². The smallest absolute Gasteiger partial charge is 0.354 e. The molecule has 0 atom stereocenters. The number of carboxylic acids is 1. The summed E-state index contributed by atoms with van der Waals surface area (Å²) in [5.41, 5.74) is 3.07. The van der Waals surface area contributed by atoms with Gasteiger partial charge in [0.05, 0.1) is 18.9 Å². The van der Waals surface area contributed by atoms with Crippen LogP contribution in [0.3, 0.4) is 0 Å². The third-order valence-electron chi connectivity index (χ3n) is 5.06. The Hall–Kier alpha value is -3.46. The van der Waals surface area contributed by atoms with Gasteiger partial charge in [0, 0.05) is 44.9 Å². The topological polar surface area (TPSA) is 111 Å². The van der Waals surface area contributed by atoms with E-state index in [9.17, 15) is 15.0 Å². The lowest BCUT2D eigenvalue weighted by Crippen LogP contribution is -2.37. The van der Waals surface area contributed by atoms with Crippen molar-refractivity contribution in [3.63, 3.8) is 0 Å². The number of aliphatic carboxylic acids is 1. The summed E-state index contributed by atoms with van der Waals surface area (Å²) in [6.45, 7) is 2.54. The van der Waals surface area contributed by atoms with Crippen LogP contribution in [0.15, 0.2) is 41.0 Å². The molecule has 0 aliphatic carbocycles. The van der Waals surface area contributed by atoms with Crippen LogP contribution >= 0.6 is 0 Å². The molecule has 156 valence electrons. The minimum atomic E-state index is -1.11. The number of fused-ring (bicyclic) bond motifs is 1. The Labute approximate surface area is 174 Å². The van der Waals surface area contributed by atoms with Crippen molar-refractivity contribution < 1.29 is 19.7 Å². The Morgan fingerprint density at radius 1 is 1.13 bits per heavy atom. The van der Waals surface area contributed by atoms with Crippen molar-refractivity contribution in [2.45, 2.75) is 6.42 Å². The van der Waals surface area contributed by atoms with Gasteiger partial charge in [0.1, 0.15) is 17.1 Å². The van der Waals surface area contributed by atoms with Gasteiger partial charge in [-0.3, -0.25) is 0 Å². The van der Waals surface area contributed by atoms with Gasteiger partial charge in [-0.05, 0) is 30.3 Å². The first-order chi connectivity index (χ1) is 14.4. The van der Waals surface area contributed by atoms with Gasteiger partial charge in [0.15, 0.2) is 5.71 Å². The number of rotatable bonds is 4. The molecule has 1 fully saturated rings. The number of hydrogen-bond donors (Lipinski definition) is 2. The summed E-state index contributed by atoms with van der Waals surface area (Å²) in [6, 6.07) is 6.62. The molecule has 2 aliphatic heterocycles. The molecule has 1 saturated heterocycles. The second kappa shape index (κ2) is 8.11. The number of allylic oxidation sites excluding steroid dienone is 1. The SMILES string of the molecule is CN(C)C1=CC(C(=O)O)=Nc2c(nc(N3CCOCC3)nc2-c2ccc(O)cc2)C1. The summed E-state index contributed by atoms with van der Waals surface area (Å²) in [7, 11) is 3.72. The van der Waals surface area contributed by atoms with Gasteiger partial charge in [-0.1, -0.05) is 0 Å². The lowest BCUT2D eigenvalue weighted by atomic mass is 10.1. The molecular weight excluding hydrogens is 386 g/mol. The number of phenolic OH excluding ortho intramolecular Hbond substituents is 1. The van der Waals surface area contributed by atoms with Crippen molar-refractivity contribution in [1.29, 1.82) is 0 Å². The maximum absolute atomic E-state index is 11.8. The van der Waals surface area contributed by atoms with E-state index < -0.39 is 5.97 Å².